The van der Waals surface area contributed by atoms with Crippen LogP contribution in [0, 0.1) is 0 Å². The van der Waals surface area contributed by atoms with Crippen LogP contribution in [-0.2, 0) is 28.6 Å². The number of carbonyl (C=O) groups excluding carboxylic acids is 3. The lowest BCUT2D eigenvalue weighted by atomic mass is 10.0. The summed E-state index contributed by atoms with van der Waals surface area (Å²) in [5.74, 6) is -0.867. The first-order chi connectivity index (χ1) is 35.0. The maximum absolute atomic E-state index is 12.9. The van der Waals surface area contributed by atoms with Crippen LogP contribution in [0.4, 0.5) is 0 Å². The Morgan fingerprint density at radius 1 is 0.282 bits per heavy atom. The molecule has 1 unspecified atom stereocenters. The fraction of sp³-hybridized carbons (Fsp3) is 0.862. The Hall–Kier alpha value is -2.37. The second-order valence-electron chi connectivity index (χ2n) is 21.3. The summed E-state index contributed by atoms with van der Waals surface area (Å²) >= 11 is 0. The summed E-state index contributed by atoms with van der Waals surface area (Å²) in [7, 11) is 0. The minimum atomic E-state index is -0.776. The zero-order chi connectivity index (χ0) is 51.4. The maximum atomic E-state index is 12.9. The van der Waals surface area contributed by atoms with E-state index in [1.807, 2.05) is 0 Å². The van der Waals surface area contributed by atoms with E-state index in [1.54, 1.807) is 0 Å². The lowest BCUT2D eigenvalue weighted by Crippen LogP contribution is -2.30. The standard InChI is InChI=1S/C65H120O6/c1-4-7-10-13-16-19-22-25-28-30-31-32-33-35-37-40-43-46-49-52-55-58-64(67)70-61-62(60-69-63(66)57-54-51-48-45-42-39-36-27-24-21-18-15-12-9-6-3)71-65(68)59-56-53-50-47-44-41-38-34-29-26-23-20-17-14-11-8-5-2/h18,21,27,30-31,36,62H,4-17,19-20,22-26,28-29,32-35,37-61H2,1-3H3/b21-18-,31-30-,36-27-. The number of ether oxygens (including phenoxy) is 3. The molecular weight excluding hydrogens is 877 g/mol. The highest BCUT2D eigenvalue weighted by Gasteiger charge is 2.19. The van der Waals surface area contributed by atoms with Crippen LogP contribution < -0.4 is 0 Å². The zero-order valence-corrected chi connectivity index (χ0v) is 47.8. The van der Waals surface area contributed by atoms with E-state index in [-0.39, 0.29) is 31.1 Å². The van der Waals surface area contributed by atoms with Crippen LogP contribution >= 0.6 is 0 Å². The molecule has 0 saturated carbocycles. The van der Waals surface area contributed by atoms with Crippen LogP contribution in [0.15, 0.2) is 36.5 Å². The average Bonchev–Trinajstić information content (AvgIpc) is 3.37. The largest absolute Gasteiger partial charge is 0.462 e. The molecule has 0 aromatic carbocycles. The van der Waals surface area contributed by atoms with Crippen molar-refractivity contribution < 1.29 is 28.6 Å². The molecule has 0 spiro atoms. The second kappa shape index (κ2) is 60.2. The van der Waals surface area contributed by atoms with Crippen molar-refractivity contribution in [2.24, 2.45) is 0 Å². The Bertz CT molecular complexity index is 1190. The molecule has 0 N–H and O–H groups in total. The highest BCUT2D eigenvalue weighted by molar-refractivity contribution is 5.71. The molecule has 0 aliphatic rings. The number of hydrogen-bond donors (Lipinski definition) is 0. The molecule has 0 bridgehead atoms. The SMILES string of the molecule is CCCCC/C=C\C/C=C\CCCCCCCC(=O)OCC(COC(=O)CCCCCCCCCCC/C=C\CCCCCCCCCC)OC(=O)CCCCCCCCCCCCCCCCCCC. The summed E-state index contributed by atoms with van der Waals surface area (Å²) in [6, 6.07) is 0. The molecule has 0 aromatic rings. The molecule has 71 heavy (non-hydrogen) atoms. The minimum Gasteiger partial charge on any atom is -0.462 e. The highest BCUT2D eigenvalue weighted by Crippen LogP contribution is 2.17. The lowest BCUT2D eigenvalue weighted by Gasteiger charge is -2.18. The van der Waals surface area contributed by atoms with Gasteiger partial charge in [0, 0.05) is 19.3 Å². The predicted octanol–water partition coefficient (Wildman–Crippen LogP) is 21.2. The Balaban J connectivity index is 4.32. The third-order valence-corrected chi connectivity index (χ3v) is 14.1. The van der Waals surface area contributed by atoms with Gasteiger partial charge in [0.1, 0.15) is 13.2 Å². The first-order valence-electron chi connectivity index (χ1n) is 31.5. The van der Waals surface area contributed by atoms with Crippen LogP contribution in [0.2, 0.25) is 0 Å². The van der Waals surface area contributed by atoms with Crippen molar-refractivity contribution in [3.05, 3.63) is 36.5 Å². The molecule has 0 aromatic heterocycles. The number of unbranched alkanes of at least 4 members (excludes halogenated alkanes) is 41. The topological polar surface area (TPSA) is 78.9 Å². The number of rotatable bonds is 58. The van der Waals surface area contributed by atoms with Gasteiger partial charge in [-0.3, -0.25) is 14.4 Å². The van der Waals surface area contributed by atoms with Crippen molar-refractivity contribution >= 4 is 17.9 Å². The summed E-state index contributed by atoms with van der Waals surface area (Å²) in [5, 5.41) is 0. The van der Waals surface area contributed by atoms with Gasteiger partial charge in [0.2, 0.25) is 0 Å². The molecule has 0 aliphatic heterocycles. The molecule has 0 aliphatic carbocycles. The Kier molecular flexibility index (Phi) is 58.2. The average molecular weight is 998 g/mol. The molecule has 0 fully saturated rings. The normalized spacial score (nSPS) is 12.2. The van der Waals surface area contributed by atoms with Gasteiger partial charge in [-0.05, 0) is 77.0 Å². The molecule has 6 heteroatoms. The van der Waals surface area contributed by atoms with E-state index in [9.17, 15) is 14.4 Å². The molecule has 0 rings (SSSR count). The molecule has 0 heterocycles. The van der Waals surface area contributed by atoms with E-state index in [0.29, 0.717) is 19.3 Å². The van der Waals surface area contributed by atoms with E-state index >= 15 is 0 Å². The first-order valence-corrected chi connectivity index (χ1v) is 31.5. The van der Waals surface area contributed by atoms with E-state index in [1.165, 1.54) is 225 Å². The highest BCUT2D eigenvalue weighted by atomic mass is 16.6. The van der Waals surface area contributed by atoms with Crippen LogP contribution in [0.5, 0.6) is 0 Å². The minimum absolute atomic E-state index is 0.0738. The molecule has 1 atom stereocenters. The number of allylic oxidation sites excluding steroid dienone is 6. The first kappa shape index (κ1) is 68.6. The van der Waals surface area contributed by atoms with Gasteiger partial charge in [0.05, 0.1) is 0 Å². The molecule has 6 nitrogen and oxygen atoms in total. The predicted molar refractivity (Wildman–Crippen MR) is 307 cm³/mol. The molecular formula is C65H120O6. The van der Waals surface area contributed by atoms with E-state index in [2.05, 4.69) is 57.2 Å². The van der Waals surface area contributed by atoms with Crippen LogP contribution in [0.25, 0.3) is 0 Å². The smallest absolute Gasteiger partial charge is 0.306 e. The fourth-order valence-corrected chi connectivity index (χ4v) is 9.35. The van der Waals surface area contributed by atoms with Gasteiger partial charge in [-0.15, -0.1) is 0 Å². The number of hydrogen-bond acceptors (Lipinski definition) is 6. The second-order valence-corrected chi connectivity index (χ2v) is 21.3. The monoisotopic (exact) mass is 997 g/mol. The van der Waals surface area contributed by atoms with Gasteiger partial charge in [0.25, 0.3) is 0 Å². The van der Waals surface area contributed by atoms with E-state index in [0.717, 1.165) is 77.0 Å². The van der Waals surface area contributed by atoms with Crippen LogP contribution in [0.3, 0.4) is 0 Å². The zero-order valence-electron chi connectivity index (χ0n) is 47.8. The van der Waals surface area contributed by atoms with Crippen molar-refractivity contribution in [3.63, 3.8) is 0 Å². The van der Waals surface area contributed by atoms with Crippen molar-refractivity contribution in [2.45, 2.75) is 348 Å². The summed E-state index contributed by atoms with van der Waals surface area (Å²) in [5.41, 5.74) is 0. The molecule has 416 valence electrons. The third-order valence-electron chi connectivity index (χ3n) is 14.1. The van der Waals surface area contributed by atoms with Crippen LogP contribution in [-0.4, -0.2) is 37.2 Å². The third kappa shape index (κ3) is 58.4. The summed E-state index contributed by atoms with van der Waals surface area (Å²) in [6.07, 6.45) is 72.8. The van der Waals surface area contributed by atoms with Gasteiger partial charge in [-0.2, -0.15) is 0 Å². The molecule has 0 radical (unpaired) electrons. The van der Waals surface area contributed by atoms with Crippen molar-refractivity contribution in [1.29, 1.82) is 0 Å². The van der Waals surface area contributed by atoms with E-state index < -0.39 is 6.10 Å². The van der Waals surface area contributed by atoms with Gasteiger partial charge >= 0.3 is 17.9 Å². The van der Waals surface area contributed by atoms with Gasteiger partial charge in [0.15, 0.2) is 6.10 Å². The quantitative estimate of drug-likeness (QED) is 0.0261. The summed E-state index contributed by atoms with van der Waals surface area (Å²) < 4.78 is 16.9. The Morgan fingerprint density at radius 3 is 0.817 bits per heavy atom. The van der Waals surface area contributed by atoms with Crippen molar-refractivity contribution in [1.82, 2.24) is 0 Å². The molecule has 0 saturated heterocycles. The van der Waals surface area contributed by atoms with Crippen LogP contribution in [0.1, 0.15) is 342 Å². The summed E-state index contributed by atoms with van der Waals surface area (Å²) in [4.78, 5) is 38.3. The van der Waals surface area contributed by atoms with Crippen molar-refractivity contribution in [3.8, 4) is 0 Å². The van der Waals surface area contributed by atoms with Gasteiger partial charge in [-0.1, -0.05) is 282 Å². The lowest BCUT2D eigenvalue weighted by molar-refractivity contribution is -0.167. The molecule has 0 amide bonds. The Morgan fingerprint density at radius 2 is 0.507 bits per heavy atom. The number of carbonyl (C=O) groups is 3. The maximum Gasteiger partial charge on any atom is 0.306 e. The van der Waals surface area contributed by atoms with Crippen molar-refractivity contribution in [2.75, 3.05) is 13.2 Å². The van der Waals surface area contributed by atoms with Gasteiger partial charge in [-0.25, -0.2) is 0 Å². The Labute approximate surface area is 442 Å². The number of esters is 3. The fourth-order valence-electron chi connectivity index (χ4n) is 9.35. The van der Waals surface area contributed by atoms with Gasteiger partial charge < -0.3 is 14.2 Å². The van der Waals surface area contributed by atoms with E-state index in [4.69, 9.17) is 14.2 Å². The summed E-state index contributed by atoms with van der Waals surface area (Å²) in [6.45, 7) is 6.66.